The van der Waals surface area contributed by atoms with Crippen LogP contribution in [0.4, 0.5) is 0 Å². The average molecular weight is 353 g/mol. The van der Waals surface area contributed by atoms with Crippen molar-refractivity contribution in [2.75, 3.05) is 45.5 Å². The monoisotopic (exact) mass is 352 g/mol. The van der Waals surface area contributed by atoms with Crippen LogP contribution in [0.5, 0.6) is 0 Å². The van der Waals surface area contributed by atoms with Gasteiger partial charge in [-0.05, 0) is 37.3 Å². The largest absolute Gasteiger partial charge is 0.355 e. The number of hydrogen-bond acceptors (Lipinski definition) is 4. The van der Waals surface area contributed by atoms with Gasteiger partial charge in [0.2, 0.25) is 0 Å². The third-order valence-electron chi connectivity index (χ3n) is 4.53. The lowest BCUT2D eigenvalue weighted by atomic mass is 10.1. The third kappa shape index (κ3) is 4.43. The summed E-state index contributed by atoms with van der Waals surface area (Å²) in [6.45, 7) is 11.1. The fraction of sp³-hybridized carbons (Fsp3) is 0.706. The van der Waals surface area contributed by atoms with Gasteiger partial charge >= 0.3 is 0 Å². The first-order chi connectivity index (χ1) is 11.1. The van der Waals surface area contributed by atoms with Crippen LogP contribution >= 0.6 is 23.1 Å². The van der Waals surface area contributed by atoms with E-state index in [1.165, 1.54) is 24.3 Å². The van der Waals surface area contributed by atoms with Gasteiger partial charge in [0.15, 0.2) is 5.96 Å². The van der Waals surface area contributed by atoms with Gasteiger partial charge < -0.3 is 10.2 Å². The molecule has 1 aromatic rings. The molecule has 3 rings (SSSR count). The number of aliphatic imine (C=N–C) groups is 1. The molecule has 128 valence electrons. The molecule has 1 fully saturated rings. The van der Waals surface area contributed by atoms with E-state index < -0.39 is 0 Å². The Hall–Kier alpha value is -0.720. The van der Waals surface area contributed by atoms with Crippen molar-refractivity contribution >= 4 is 29.1 Å². The van der Waals surface area contributed by atoms with Crippen molar-refractivity contribution in [2.45, 2.75) is 31.6 Å². The summed E-state index contributed by atoms with van der Waals surface area (Å²) >= 11 is 3.97. The topological polar surface area (TPSA) is 30.9 Å². The Morgan fingerprint density at radius 1 is 1.39 bits per heavy atom. The van der Waals surface area contributed by atoms with Crippen LogP contribution in [0.2, 0.25) is 0 Å². The normalized spacial score (nSPS) is 22.0. The number of guanidine groups is 1. The average Bonchev–Trinajstić information content (AvgIpc) is 2.98. The first kappa shape index (κ1) is 17.1. The Bertz CT molecular complexity index is 553. The van der Waals surface area contributed by atoms with E-state index in [0.29, 0.717) is 4.75 Å². The van der Waals surface area contributed by atoms with E-state index in [2.05, 4.69) is 57.2 Å². The number of nitrogens with zero attached hydrogens (tertiary/aromatic N) is 3. The van der Waals surface area contributed by atoms with Crippen molar-refractivity contribution in [3.05, 3.63) is 21.9 Å². The van der Waals surface area contributed by atoms with E-state index >= 15 is 0 Å². The molecule has 2 aliphatic rings. The summed E-state index contributed by atoms with van der Waals surface area (Å²) in [6, 6.07) is 2.28. The zero-order chi connectivity index (χ0) is 16.3. The number of nitrogens with one attached hydrogen (secondary N) is 1. The van der Waals surface area contributed by atoms with Crippen LogP contribution < -0.4 is 5.32 Å². The molecule has 4 nitrogen and oxygen atoms in total. The molecule has 1 aromatic heterocycles. The van der Waals surface area contributed by atoms with E-state index in [1.807, 2.05) is 18.4 Å². The molecule has 0 amide bonds. The molecule has 0 aromatic carbocycles. The molecule has 0 radical (unpaired) electrons. The maximum Gasteiger partial charge on any atom is 0.193 e. The van der Waals surface area contributed by atoms with Crippen molar-refractivity contribution in [2.24, 2.45) is 4.99 Å². The van der Waals surface area contributed by atoms with Crippen molar-refractivity contribution in [1.82, 2.24) is 15.1 Å². The minimum Gasteiger partial charge on any atom is -0.355 e. The van der Waals surface area contributed by atoms with Crippen LogP contribution in [0.1, 0.15) is 24.3 Å². The molecule has 0 aliphatic carbocycles. The molecule has 6 heteroatoms. The molecule has 0 bridgehead atoms. The first-order valence-electron chi connectivity index (χ1n) is 8.44. The Kier molecular flexibility index (Phi) is 5.54. The zero-order valence-corrected chi connectivity index (χ0v) is 16.1. The number of thioether (sulfide) groups is 1. The van der Waals surface area contributed by atoms with Crippen LogP contribution in [0, 0.1) is 0 Å². The van der Waals surface area contributed by atoms with E-state index in [-0.39, 0.29) is 0 Å². The first-order valence-corrected chi connectivity index (χ1v) is 10.3. The van der Waals surface area contributed by atoms with Gasteiger partial charge in [0.1, 0.15) is 0 Å². The van der Waals surface area contributed by atoms with Gasteiger partial charge in [-0.15, -0.1) is 11.3 Å². The molecule has 0 saturated carbocycles. The second-order valence-electron chi connectivity index (χ2n) is 6.90. The maximum atomic E-state index is 4.49. The Morgan fingerprint density at radius 2 is 2.26 bits per heavy atom. The van der Waals surface area contributed by atoms with Gasteiger partial charge in [-0.2, -0.15) is 11.8 Å². The van der Waals surface area contributed by atoms with Gasteiger partial charge in [-0.3, -0.25) is 9.89 Å². The Morgan fingerprint density at radius 3 is 3.04 bits per heavy atom. The summed E-state index contributed by atoms with van der Waals surface area (Å²) in [6.07, 6.45) is 1.21. The molecule has 0 spiro atoms. The highest BCUT2D eigenvalue weighted by atomic mass is 32.2. The summed E-state index contributed by atoms with van der Waals surface area (Å²) in [5, 5.41) is 5.80. The molecule has 1 N–H and O–H groups in total. The Balaban J connectivity index is 1.46. The summed E-state index contributed by atoms with van der Waals surface area (Å²) in [5.74, 6) is 2.24. The van der Waals surface area contributed by atoms with Gasteiger partial charge in [-0.25, -0.2) is 0 Å². The van der Waals surface area contributed by atoms with E-state index in [0.717, 1.165) is 38.7 Å². The lowest BCUT2D eigenvalue weighted by Crippen LogP contribution is -2.52. The molecule has 23 heavy (non-hydrogen) atoms. The fourth-order valence-corrected chi connectivity index (χ4v) is 5.35. The van der Waals surface area contributed by atoms with E-state index in [4.69, 9.17) is 0 Å². The summed E-state index contributed by atoms with van der Waals surface area (Å²) in [4.78, 5) is 11.0. The lowest BCUT2D eigenvalue weighted by Gasteiger charge is -2.39. The highest BCUT2D eigenvalue weighted by Crippen LogP contribution is 2.29. The lowest BCUT2D eigenvalue weighted by molar-refractivity contribution is 0.258. The van der Waals surface area contributed by atoms with E-state index in [9.17, 15) is 0 Å². The van der Waals surface area contributed by atoms with Gasteiger partial charge in [0.05, 0.1) is 0 Å². The number of fused-ring (bicyclic) bond motifs is 1. The fourth-order valence-electron chi connectivity index (χ4n) is 3.35. The van der Waals surface area contributed by atoms with Crippen molar-refractivity contribution in [3.63, 3.8) is 0 Å². The van der Waals surface area contributed by atoms with Crippen molar-refractivity contribution < 1.29 is 0 Å². The van der Waals surface area contributed by atoms with Gasteiger partial charge in [0, 0.05) is 61.7 Å². The van der Waals surface area contributed by atoms with Crippen LogP contribution in [-0.2, 0) is 13.0 Å². The number of hydrogen-bond donors (Lipinski definition) is 1. The van der Waals surface area contributed by atoms with Crippen molar-refractivity contribution in [3.8, 4) is 0 Å². The highest BCUT2D eigenvalue weighted by molar-refractivity contribution is 8.00. The summed E-state index contributed by atoms with van der Waals surface area (Å²) in [5.41, 5.74) is 1.53. The maximum absolute atomic E-state index is 4.49. The van der Waals surface area contributed by atoms with Crippen LogP contribution in [0.3, 0.4) is 0 Å². The number of rotatable bonds is 3. The van der Waals surface area contributed by atoms with Crippen molar-refractivity contribution in [1.29, 1.82) is 0 Å². The predicted molar refractivity (Wildman–Crippen MR) is 103 cm³/mol. The van der Waals surface area contributed by atoms with Crippen LogP contribution in [0.25, 0.3) is 0 Å². The predicted octanol–water partition coefficient (Wildman–Crippen LogP) is 2.51. The molecule has 2 aliphatic heterocycles. The zero-order valence-electron chi connectivity index (χ0n) is 14.5. The SMILES string of the molecule is CN=C(NCCN1CCc2sccc2C1)N1CCSC(C)(C)C1. The molecular weight excluding hydrogens is 324 g/mol. The Labute approximate surface area is 148 Å². The third-order valence-corrected chi connectivity index (χ3v) is 6.86. The van der Waals surface area contributed by atoms with Crippen LogP contribution in [0.15, 0.2) is 16.4 Å². The quantitative estimate of drug-likeness (QED) is 0.669. The molecular formula is C17H28N4S2. The molecule has 0 atom stereocenters. The minimum absolute atomic E-state index is 0.318. The molecule has 3 heterocycles. The summed E-state index contributed by atoms with van der Waals surface area (Å²) in [7, 11) is 1.90. The molecule has 1 saturated heterocycles. The van der Waals surface area contributed by atoms with Gasteiger partial charge in [-0.1, -0.05) is 0 Å². The standard InChI is InChI=1S/C17H28N4S2/c1-17(2)13-21(9-11-23-17)16(18-3)19-6-8-20-7-4-15-14(12-20)5-10-22-15/h5,10H,4,6-9,11-13H2,1-3H3,(H,18,19). The smallest absolute Gasteiger partial charge is 0.193 e. The molecule has 0 unspecified atom stereocenters. The number of thiophene rings is 1. The van der Waals surface area contributed by atoms with Gasteiger partial charge in [0.25, 0.3) is 0 Å². The minimum atomic E-state index is 0.318. The second kappa shape index (κ2) is 7.45. The summed E-state index contributed by atoms with van der Waals surface area (Å²) < 4.78 is 0.318. The highest BCUT2D eigenvalue weighted by Gasteiger charge is 2.28. The van der Waals surface area contributed by atoms with Crippen LogP contribution in [-0.4, -0.2) is 66.0 Å². The second-order valence-corrected chi connectivity index (χ2v) is 9.70. The van der Waals surface area contributed by atoms with E-state index in [1.54, 1.807) is 4.88 Å².